The molecule has 0 aliphatic carbocycles. The van der Waals surface area contributed by atoms with Gasteiger partial charge in [-0.15, -0.1) is 0 Å². The fourth-order valence-electron chi connectivity index (χ4n) is 1.75. The molecule has 0 aliphatic heterocycles. The minimum Gasteiger partial charge on any atom is -0.480 e. The number of likely N-dealkylation sites (N-methyl/N-ethyl adjacent to an activating group) is 1. The highest BCUT2D eigenvalue weighted by Gasteiger charge is 2.37. The zero-order valence-electron chi connectivity index (χ0n) is 12.9. The van der Waals surface area contributed by atoms with Crippen LogP contribution in [0.2, 0.25) is 5.02 Å². The summed E-state index contributed by atoms with van der Waals surface area (Å²) in [6.45, 7) is 4.87. The first-order valence-electron chi connectivity index (χ1n) is 6.58. The molecule has 0 fully saturated rings. The van der Waals surface area contributed by atoms with Crippen LogP contribution in [0.4, 0.5) is 4.79 Å². The zero-order valence-corrected chi connectivity index (χ0v) is 13.7. The molecule has 1 aromatic rings. The molecule has 1 N–H and O–H groups in total. The molecule has 0 radical (unpaired) electrons. The summed E-state index contributed by atoms with van der Waals surface area (Å²) in [4.78, 5) is 26.4. The lowest BCUT2D eigenvalue weighted by Crippen LogP contribution is -2.54. The van der Waals surface area contributed by atoms with Crippen molar-refractivity contribution >= 4 is 23.6 Å². The van der Waals surface area contributed by atoms with Gasteiger partial charge in [0, 0.05) is 19.1 Å². The maximum Gasteiger partial charge on any atom is 0.329 e. The molecule has 0 saturated heterocycles. The smallest absolute Gasteiger partial charge is 0.329 e. The molecule has 0 spiro atoms. The van der Waals surface area contributed by atoms with E-state index in [1.165, 1.54) is 30.7 Å². The average Bonchev–Trinajstić information content (AvgIpc) is 2.44. The molecule has 1 unspecified atom stereocenters. The first-order chi connectivity index (χ1) is 9.59. The van der Waals surface area contributed by atoms with E-state index in [9.17, 15) is 14.7 Å². The molecular weight excluding hydrogens is 292 g/mol. The molecule has 1 aromatic carbocycles. The Balaban J connectivity index is 2.92. The number of hydrogen-bond donors (Lipinski definition) is 1. The van der Waals surface area contributed by atoms with E-state index < -0.39 is 11.5 Å². The quantitative estimate of drug-likeness (QED) is 0.928. The Morgan fingerprint density at radius 2 is 1.67 bits per heavy atom. The fraction of sp³-hybridized carbons (Fsp3) is 0.467. The van der Waals surface area contributed by atoms with Crippen LogP contribution in [0.1, 0.15) is 32.4 Å². The number of rotatable bonds is 4. The highest BCUT2D eigenvalue weighted by atomic mass is 35.5. The zero-order chi connectivity index (χ0) is 16.4. The van der Waals surface area contributed by atoms with Crippen LogP contribution >= 0.6 is 11.6 Å². The minimum absolute atomic E-state index is 0.193. The second-order valence-corrected chi connectivity index (χ2v) is 5.98. The fourth-order valence-corrected chi connectivity index (χ4v) is 1.88. The number of carboxylic acid groups (broad SMARTS) is 1. The first-order valence-corrected chi connectivity index (χ1v) is 6.96. The van der Waals surface area contributed by atoms with E-state index in [2.05, 4.69) is 0 Å². The van der Waals surface area contributed by atoms with Gasteiger partial charge in [0.2, 0.25) is 0 Å². The molecule has 0 saturated carbocycles. The number of halogens is 1. The van der Waals surface area contributed by atoms with Crippen LogP contribution in [-0.4, -0.2) is 46.5 Å². The Morgan fingerprint density at radius 3 is 2.10 bits per heavy atom. The Labute approximate surface area is 130 Å². The summed E-state index contributed by atoms with van der Waals surface area (Å²) in [6, 6.07) is 6.66. The van der Waals surface area contributed by atoms with E-state index in [1.54, 1.807) is 19.2 Å². The highest BCUT2D eigenvalue weighted by molar-refractivity contribution is 6.30. The molecule has 1 atom stereocenters. The maximum absolute atomic E-state index is 12.4. The van der Waals surface area contributed by atoms with Crippen LogP contribution < -0.4 is 0 Å². The van der Waals surface area contributed by atoms with Gasteiger partial charge in [-0.1, -0.05) is 23.7 Å². The van der Waals surface area contributed by atoms with Crippen molar-refractivity contribution in [2.24, 2.45) is 0 Å². The second kappa shape index (κ2) is 6.35. The van der Waals surface area contributed by atoms with Crippen LogP contribution in [0.3, 0.4) is 0 Å². The van der Waals surface area contributed by atoms with E-state index in [1.807, 2.05) is 19.1 Å². The molecule has 116 valence electrons. The summed E-state index contributed by atoms with van der Waals surface area (Å²) in [5.74, 6) is -1.05. The second-order valence-electron chi connectivity index (χ2n) is 5.54. The lowest BCUT2D eigenvalue weighted by molar-refractivity contribution is -0.147. The summed E-state index contributed by atoms with van der Waals surface area (Å²) in [6.07, 6.45) is 0. The minimum atomic E-state index is -1.27. The summed E-state index contributed by atoms with van der Waals surface area (Å²) in [5.41, 5.74) is -0.345. The van der Waals surface area contributed by atoms with Gasteiger partial charge in [0.25, 0.3) is 0 Å². The molecule has 21 heavy (non-hydrogen) atoms. The number of aliphatic carboxylic acids is 1. The number of carbonyl (C=O) groups excluding carboxylic acids is 1. The normalized spacial score (nSPS) is 12.7. The van der Waals surface area contributed by atoms with Crippen molar-refractivity contribution in [1.29, 1.82) is 0 Å². The molecule has 2 amide bonds. The number of urea groups is 1. The SMILES string of the molecule is CC(c1ccc(Cl)cc1)N(C)C(=O)N(C)C(C)(C)C(=O)O. The third kappa shape index (κ3) is 3.67. The van der Waals surface area contributed by atoms with Gasteiger partial charge in [-0.2, -0.15) is 0 Å². The number of hydrogen-bond acceptors (Lipinski definition) is 2. The molecule has 5 nitrogen and oxygen atoms in total. The maximum atomic E-state index is 12.4. The van der Waals surface area contributed by atoms with E-state index in [0.717, 1.165) is 5.56 Å². The standard InChI is InChI=1S/C15H21ClN2O3/c1-10(11-6-8-12(16)9-7-11)17(4)14(21)18(5)15(2,3)13(19)20/h6-10H,1-5H3,(H,19,20). The van der Waals surface area contributed by atoms with Crippen LogP contribution in [0, 0.1) is 0 Å². The third-order valence-electron chi connectivity index (χ3n) is 3.88. The Bertz CT molecular complexity index is 528. The van der Waals surface area contributed by atoms with E-state index in [4.69, 9.17) is 11.6 Å². The van der Waals surface area contributed by atoms with Gasteiger partial charge in [-0.3, -0.25) is 0 Å². The number of amides is 2. The van der Waals surface area contributed by atoms with Gasteiger partial charge in [0.15, 0.2) is 0 Å². The van der Waals surface area contributed by atoms with Crippen molar-refractivity contribution < 1.29 is 14.7 Å². The van der Waals surface area contributed by atoms with Gasteiger partial charge in [0.05, 0.1) is 6.04 Å². The summed E-state index contributed by atoms with van der Waals surface area (Å²) in [7, 11) is 3.14. The largest absolute Gasteiger partial charge is 0.480 e. The van der Waals surface area contributed by atoms with Crippen LogP contribution in [0.25, 0.3) is 0 Å². The molecule has 0 heterocycles. The van der Waals surface area contributed by atoms with Crippen molar-refractivity contribution in [3.63, 3.8) is 0 Å². The van der Waals surface area contributed by atoms with Crippen molar-refractivity contribution in [3.8, 4) is 0 Å². The van der Waals surface area contributed by atoms with Crippen molar-refractivity contribution in [2.45, 2.75) is 32.4 Å². The van der Waals surface area contributed by atoms with Gasteiger partial charge in [-0.25, -0.2) is 9.59 Å². The monoisotopic (exact) mass is 312 g/mol. The van der Waals surface area contributed by atoms with E-state index in [0.29, 0.717) is 5.02 Å². The molecule has 6 heteroatoms. The van der Waals surface area contributed by atoms with Crippen LogP contribution in [0.5, 0.6) is 0 Å². The Morgan fingerprint density at radius 1 is 1.19 bits per heavy atom. The van der Waals surface area contributed by atoms with E-state index in [-0.39, 0.29) is 12.1 Å². The summed E-state index contributed by atoms with van der Waals surface area (Å²) >= 11 is 5.85. The van der Waals surface area contributed by atoms with Crippen molar-refractivity contribution in [2.75, 3.05) is 14.1 Å². The lowest BCUT2D eigenvalue weighted by atomic mass is 10.0. The molecule has 0 aliphatic rings. The Hall–Kier alpha value is -1.75. The van der Waals surface area contributed by atoms with E-state index >= 15 is 0 Å². The van der Waals surface area contributed by atoms with Crippen molar-refractivity contribution in [3.05, 3.63) is 34.9 Å². The Kier molecular flexibility index (Phi) is 5.23. The predicted molar refractivity (Wildman–Crippen MR) is 82.5 cm³/mol. The summed E-state index contributed by atoms with van der Waals surface area (Å²) < 4.78 is 0. The third-order valence-corrected chi connectivity index (χ3v) is 4.14. The van der Waals surface area contributed by atoms with Crippen LogP contribution in [0.15, 0.2) is 24.3 Å². The van der Waals surface area contributed by atoms with Gasteiger partial charge in [0.1, 0.15) is 5.54 Å². The number of nitrogens with zero attached hydrogens (tertiary/aromatic N) is 2. The number of benzene rings is 1. The van der Waals surface area contributed by atoms with Gasteiger partial charge >= 0.3 is 12.0 Å². The predicted octanol–water partition coefficient (Wildman–Crippen LogP) is 3.25. The number of carbonyl (C=O) groups is 2. The van der Waals surface area contributed by atoms with Crippen LogP contribution in [-0.2, 0) is 4.79 Å². The van der Waals surface area contributed by atoms with Gasteiger partial charge < -0.3 is 14.9 Å². The molecule has 0 bridgehead atoms. The summed E-state index contributed by atoms with van der Waals surface area (Å²) in [5, 5.41) is 9.83. The van der Waals surface area contributed by atoms with Crippen molar-refractivity contribution in [1.82, 2.24) is 9.80 Å². The first kappa shape index (κ1) is 17.3. The number of carboxylic acids is 1. The highest BCUT2D eigenvalue weighted by Crippen LogP contribution is 2.23. The average molecular weight is 313 g/mol. The lowest BCUT2D eigenvalue weighted by Gasteiger charge is -2.36. The molecule has 1 rings (SSSR count). The molecule has 0 aromatic heterocycles. The molecular formula is C15H21ClN2O3. The topological polar surface area (TPSA) is 60.9 Å². The van der Waals surface area contributed by atoms with Gasteiger partial charge in [-0.05, 0) is 38.5 Å².